The van der Waals surface area contributed by atoms with Crippen molar-refractivity contribution in [2.24, 2.45) is 0 Å². The van der Waals surface area contributed by atoms with Gasteiger partial charge in [0.2, 0.25) is 5.91 Å². The zero-order valence-electron chi connectivity index (χ0n) is 20.1. The highest BCUT2D eigenvalue weighted by Gasteiger charge is 2.19. The molecule has 1 amide bonds. The highest BCUT2D eigenvalue weighted by atomic mass is 32.2. The number of hydrogen-bond donors (Lipinski definition) is 0. The Labute approximate surface area is 215 Å². The summed E-state index contributed by atoms with van der Waals surface area (Å²) in [7, 11) is 1.64. The van der Waals surface area contributed by atoms with Crippen LogP contribution in [0.3, 0.4) is 0 Å². The van der Waals surface area contributed by atoms with Crippen LogP contribution in [0.25, 0.3) is 11.4 Å². The first-order valence-corrected chi connectivity index (χ1v) is 12.6. The SMILES string of the molecule is COc1ccc(-c2nnc(SCC(=O)N(CCC#N)c3ccccc3)n2CCc2ccccc2)cc1. The molecule has 1 aromatic heterocycles. The van der Waals surface area contributed by atoms with Gasteiger partial charge in [-0.25, -0.2) is 0 Å². The molecule has 0 unspecified atom stereocenters. The van der Waals surface area contributed by atoms with Crippen molar-refractivity contribution in [3.63, 3.8) is 0 Å². The van der Waals surface area contributed by atoms with Crippen molar-refractivity contribution in [3.8, 4) is 23.2 Å². The van der Waals surface area contributed by atoms with Crippen molar-refractivity contribution in [2.75, 3.05) is 24.3 Å². The van der Waals surface area contributed by atoms with Crippen LogP contribution < -0.4 is 9.64 Å². The van der Waals surface area contributed by atoms with Crippen LogP contribution in [0.4, 0.5) is 5.69 Å². The van der Waals surface area contributed by atoms with E-state index in [0.717, 1.165) is 29.2 Å². The quantitative estimate of drug-likeness (QED) is 0.264. The Kier molecular flexibility index (Phi) is 8.73. The van der Waals surface area contributed by atoms with Gasteiger partial charge in [0.05, 0.1) is 25.4 Å². The van der Waals surface area contributed by atoms with Crippen LogP contribution in [0, 0.1) is 11.3 Å². The van der Waals surface area contributed by atoms with Gasteiger partial charge in [0.15, 0.2) is 11.0 Å². The van der Waals surface area contributed by atoms with Gasteiger partial charge in [0, 0.05) is 24.3 Å². The van der Waals surface area contributed by atoms with Crippen LogP contribution in [0.2, 0.25) is 0 Å². The molecule has 182 valence electrons. The summed E-state index contributed by atoms with van der Waals surface area (Å²) in [6, 6.07) is 29.5. The molecule has 3 aromatic carbocycles. The normalized spacial score (nSPS) is 10.6. The lowest BCUT2D eigenvalue weighted by molar-refractivity contribution is -0.116. The number of anilines is 1. The van der Waals surface area contributed by atoms with Gasteiger partial charge >= 0.3 is 0 Å². The van der Waals surface area contributed by atoms with E-state index in [0.29, 0.717) is 18.2 Å². The van der Waals surface area contributed by atoms with Gasteiger partial charge in [-0.05, 0) is 48.4 Å². The Balaban J connectivity index is 1.56. The number of thioether (sulfide) groups is 1. The van der Waals surface area contributed by atoms with Crippen LogP contribution in [0.5, 0.6) is 5.75 Å². The van der Waals surface area contributed by atoms with Crippen molar-refractivity contribution in [3.05, 3.63) is 90.5 Å². The summed E-state index contributed by atoms with van der Waals surface area (Å²) in [5.74, 6) is 1.62. The minimum absolute atomic E-state index is 0.0787. The number of benzene rings is 3. The second kappa shape index (κ2) is 12.6. The molecule has 36 heavy (non-hydrogen) atoms. The molecule has 1 heterocycles. The topological polar surface area (TPSA) is 84.0 Å². The van der Waals surface area contributed by atoms with E-state index in [1.54, 1.807) is 12.0 Å². The van der Waals surface area contributed by atoms with E-state index in [4.69, 9.17) is 10.00 Å². The zero-order valence-corrected chi connectivity index (χ0v) is 20.9. The predicted molar refractivity (Wildman–Crippen MR) is 142 cm³/mol. The number of nitriles is 1. The lowest BCUT2D eigenvalue weighted by Crippen LogP contribution is -2.33. The third-order valence-corrected chi connectivity index (χ3v) is 6.62. The maximum Gasteiger partial charge on any atom is 0.237 e. The minimum Gasteiger partial charge on any atom is -0.497 e. The second-order valence-electron chi connectivity index (χ2n) is 8.00. The predicted octanol–water partition coefficient (Wildman–Crippen LogP) is 5.24. The van der Waals surface area contributed by atoms with E-state index in [9.17, 15) is 4.79 Å². The molecule has 0 N–H and O–H groups in total. The maximum absolute atomic E-state index is 13.2. The molecule has 0 spiro atoms. The molecule has 0 bridgehead atoms. The van der Waals surface area contributed by atoms with Crippen molar-refractivity contribution in [1.82, 2.24) is 14.8 Å². The largest absolute Gasteiger partial charge is 0.497 e. The average Bonchev–Trinajstić information content (AvgIpc) is 3.34. The number of carbonyl (C=O) groups excluding carboxylic acids is 1. The number of aryl methyl sites for hydroxylation is 1. The van der Waals surface area contributed by atoms with Crippen molar-refractivity contribution in [2.45, 2.75) is 24.5 Å². The van der Waals surface area contributed by atoms with Gasteiger partial charge in [0.25, 0.3) is 0 Å². The number of carbonyl (C=O) groups is 1. The maximum atomic E-state index is 13.2. The summed E-state index contributed by atoms with van der Waals surface area (Å²) in [5, 5.41) is 18.6. The third kappa shape index (κ3) is 6.32. The molecule has 0 fully saturated rings. The zero-order chi connectivity index (χ0) is 25.2. The standard InChI is InChI=1S/C28H27N5O2S/c1-35-25-15-13-23(14-16-25)27-30-31-28(33(27)20-17-22-9-4-2-5-10-22)36-21-26(34)32(19-8-18-29)24-11-6-3-7-12-24/h2-7,9-16H,8,17,19-21H2,1H3. The van der Waals surface area contributed by atoms with Crippen molar-refractivity contribution in [1.29, 1.82) is 5.26 Å². The molecule has 0 aliphatic carbocycles. The van der Waals surface area contributed by atoms with Crippen molar-refractivity contribution < 1.29 is 9.53 Å². The summed E-state index contributed by atoms with van der Waals surface area (Å²) < 4.78 is 7.35. The fourth-order valence-electron chi connectivity index (χ4n) is 3.81. The molecule has 8 heteroatoms. The first-order chi connectivity index (χ1) is 17.7. The number of hydrogen-bond acceptors (Lipinski definition) is 6. The van der Waals surface area contributed by atoms with Gasteiger partial charge in [0.1, 0.15) is 5.75 Å². The summed E-state index contributed by atoms with van der Waals surface area (Å²) >= 11 is 1.36. The molecular weight excluding hydrogens is 470 g/mol. The fourth-order valence-corrected chi connectivity index (χ4v) is 4.65. The number of methoxy groups -OCH3 is 1. The van der Waals surface area contributed by atoms with Crippen molar-refractivity contribution >= 4 is 23.4 Å². The molecule has 0 saturated heterocycles. The van der Waals surface area contributed by atoms with E-state index < -0.39 is 0 Å². The Morgan fingerprint density at radius 2 is 1.69 bits per heavy atom. The molecular formula is C28H27N5O2S. The molecule has 0 saturated carbocycles. The average molecular weight is 498 g/mol. The van der Waals surface area contributed by atoms with Crippen LogP contribution in [-0.4, -0.2) is 40.1 Å². The molecule has 4 rings (SSSR count). The molecule has 4 aromatic rings. The summed E-state index contributed by atoms with van der Waals surface area (Å²) in [4.78, 5) is 14.8. The van der Waals surface area contributed by atoms with E-state index in [1.807, 2.05) is 72.8 Å². The second-order valence-corrected chi connectivity index (χ2v) is 8.94. The number of rotatable bonds is 11. The Hall–Kier alpha value is -4.09. The number of para-hydroxylation sites is 1. The summed E-state index contributed by atoms with van der Waals surface area (Å²) in [6.07, 6.45) is 1.07. The lowest BCUT2D eigenvalue weighted by atomic mass is 10.1. The smallest absolute Gasteiger partial charge is 0.237 e. The Bertz CT molecular complexity index is 1300. The first kappa shape index (κ1) is 25.0. The van der Waals surface area contributed by atoms with E-state index in [-0.39, 0.29) is 18.1 Å². The Morgan fingerprint density at radius 1 is 1.00 bits per heavy atom. The van der Waals surface area contributed by atoms with Crippen LogP contribution >= 0.6 is 11.8 Å². The summed E-state index contributed by atoms with van der Waals surface area (Å²) in [5.41, 5.74) is 2.92. The minimum atomic E-state index is -0.0787. The van der Waals surface area contributed by atoms with E-state index in [2.05, 4.69) is 33.0 Å². The van der Waals surface area contributed by atoms with E-state index >= 15 is 0 Å². The monoisotopic (exact) mass is 497 g/mol. The summed E-state index contributed by atoms with van der Waals surface area (Å²) in [6.45, 7) is 1.02. The molecule has 0 radical (unpaired) electrons. The van der Waals surface area contributed by atoms with Gasteiger partial charge in [-0.1, -0.05) is 60.3 Å². The van der Waals surface area contributed by atoms with E-state index in [1.165, 1.54) is 17.3 Å². The molecule has 0 aliphatic heterocycles. The number of ether oxygens (including phenoxy) is 1. The molecule has 0 atom stereocenters. The molecule has 7 nitrogen and oxygen atoms in total. The van der Waals surface area contributed by atoms with Crippen LogP contribution in [0.1, 0.15) is 12.0 Å². The fraction of sp³-hybridized carbons (Fsp3) is 0.214. The first-order valence-electron chi connectivity index (χ1n) is 11.7. The number of amides is 1. The highest BCUT2D eigenvalue weighted by Crippen LogP contribution is 2.27. The van der Waals surface area contributed by atoms with Crippen LogP contribution in [-0.2, 0) is 17.8 Å². The van der Waals surface area contributed by atoms with Crippen LogP contribution in [0.15, 0.2) is 90.1 Å². The molecule has 0 aliphatic rings. The lowest BCUT2D eigenvalue weighted by Gasteiger charge is -2.21. The number of aromatic nitrogens is 3. The third-order valence-electron chi connectivity index (χ3n) is 5.67. The number of nitrogens with zero attached hydrogens (tertiary/aromatic N) is 5. The van der Waals surface area contributed by atoms with Gasteiger partial charge < -0.3 is 14.2 Å². The highest BCUT2D eigenvalue weighted by molar-refractivity contribution is 7.99. The van der Waals surface area contributed by atoms with Gasteiger partial charge in [-0.15, -0.1) is 10.2 Å². The Morgan fingerprint density at radius 3 is 2.36 bits per heavy atom. The van der Waals surface area contributed by atoms with Gasteiger partial charge in [-0.3, -0.25) is 4.79 Å². The van der Waals surface area contributed by atoms with Gasteiger partial charge in [-0.2, -0.15) is 5.26 Å².